The molecule has 2 rings (SSSR count). The highest BCUT2D eigenvalue weighted by atomic mass is 32.1. The number of ether oxygens (including phenoxy) is 1. The van der Waals surface area contributed by atoms with Gasteiger partial charge < -0.3 is 10.1 Å². The minimum absolute atomic E-state index is 0.0318. The van der Waals surface area contributed by atoms with Crippen LogP contribution in [0.2, 0.25) is 0 Å². The van der Waals surface area contributed by atoms with Crippen LogP contribution in [0.15, 0.2) is 6.20 Å². The second kappa shape index (κ2) is 6.01. The van der Waals surface area contributed by atoms with Crippen LogP contribution in [0.1, 0.15) is 54.2 Å². The van der Waals surface area contributed by atoms with Gasteiger partial charge in [-0.2, -0.15) is 0 Å². The van der Waals surface area contributed by atoms with Crippen molar-refractivity contribution in [1.82, 2.24) is 10.3 Å². The van der Waals surface area contributed by atoms with Crippen molar-refractivity contribution in [3.8, 4) is 0 Å². The van der Waals surface area contributed by atoms with E-state index in [1.54, 1.807) is 13.3 Å². The summed E-state index contributed by atoms with van der Waals surface area (Å²) in [5, 5.41) is 4.08. The van der Waals surface area contributed by atoms with Crippen LogP contribution >= 0.6 is 11.3 Å². The van der Waals surface area contributed by atoms with E-state index in [9.17, 15) is 4.79 Å². The van der Waals surface area contributed by atoms with Crippen LogP contribution in [0.3, 0.4) is 0 Å². The number of aromatic nitrogens is 1. The fourth-order valence-corrected chi connectivity index (χ4v) is 3.41. The fourth-order valence-electron chi connectivity index (χ4n) is 2.48. The van der Waals surface area contributed by atoms with Crippen LogP contribution in [0.5, 0.6) is 0 Å². The Hall–Kier alpha value is -0.940. The maximum Gasteiger partial charge on any atom is 0.263 e. The second-order valence-corrected chi connectivity index (χ2v) is 6.30. The third-order valence-electron chi connectivity index (χ3n) is 3.98. The van der Waals surface area contributed by atoms with Gasteiger partial charge in [-0.05, 0) is 39.0 Å². The minimum atomic E-state index is -0.160. The number of hydrogen-bond acceptors (Lipinski definition) is 4. The number of nitrogens with one attached hydrogen (secondary N) is 1. The van der Waals surface area contributed by atoms with Gasteiger partial charge in [-0.25, -0.2) is 4.98 Å². The number of rotatable bonds is 6. The smallest absolute Gasteiger partial charge is 0.263 e. The molecule has 4 nitrogen and oxygen atoms in total. The van der Waals surface area contributed by atoms with Crippen LogP contribution < -0.4 is 5.32 Å². The molecule has 1 N–H and O–H groups in total. The molecule has 1 amide bonds. The molecule has 1 saturated carbocycles. The van der Waals surface area contributed by atoms with Crippen molar-refractivity contribution < 1.29 is 9.53 Å². The molecule has 19 heavy (non-hydrogen) atoms. The van der Waals surface area contributed by atoms with E-state index in [4.69, 9.17) is 4.74 Å². The van der Waals surface area contributed by atoms with Gasteiger partial charge in [-0.3, -0.25) is 4.79 Å². The van der Waals surface area contributed by atoms with Crippen molar-refractivity contribution in [2.75, 3.05) is 7.11 Å². The van der Waals surface area contributed by atoms with Crippen molar-refractivity contribution in [3.63, 3.8) is 0 Å². The number of thiazole rings is 1. The molecule has 0 aliphatic heterocycles. The number of carbonyl (C=O) groups is 1. The molecular formula is C14H22N2O2S. The van der Waals surface area contributed by atoms with E-state index in [1.165, 1.54) is 17.8 Å². The molecule has 1 aliphatic carbocycles. The van der Waals surface area contributed by atoms with Crippen molar-refractivity contribution in [2.45, 2.75) is 57.6 Å². The van der Waals surface area contributed by atoms with Crippen LogP contribution in [0.25, 0.3) is 0 Å². The molecule has 1 heterocycles. The van der Waals surface area contributed by atoms with Crippen molar-refractivity contribution in [2.24, 2.45) is 0 Å². The summed E-state index contributed by atoms with van der Waals surface area (Å²) in [6, 6.07) is 0.0375. The average molecular weight is 282 g/mol. The molecule has 1 aliphatic rings. The Kier molecular flexibility index (Phi) is 4.58. The van der Waals surface area contributed by atoms with Crippen LogP contribution in [-0.2, 0) is 11.2 Å². The summed E-state index contributed by atoms with van der Waals surface area (Å²) in [6.45, 7) is 4.14. The summed E-state index contributed by atoms with van der Waals surface area (Å²) < 4.78 is 5.59. The molecule has 1 aromatic heterocycles. The second-order valence-electron chi connectivity index (χ2n) is 5.19. The maximum absolute atomic E-state index is 12.2. The first-order valence-corrected chi connectivity index (χ1v) is 7.73. The average Bonchev–Trinajstić information content (AvgIpc) is 2.77. The Balaban J connectivity index is 1.96. The molecule has 0 saturated heterocycles. The Morgan fingerprint density at radius 3 is 2.89 bits per heavy atom. The van der Waals surface area contributed by atoms with Gasteiger partial charge in [-0.1, -0.05) is 6.92 Å². The predicted molar refractivity (Wildman–Crippen MR) is 76.6 cm³/mol. The van der Waals surface area contributed by atoms with Crippen molar-refractivity contribution in [1.29, 1.82) is 0 Å². The largest absolute Gasteiger partial charge is 0.376 e. The summed E-state index contributed by atoms with van der Waals surface area (Å²) in [5.41, 5.74) is -0.160. The lowest BCUT2D eigenvalue weighted by Gasteiger charge is -2.45. The number of aryl methyl sites for hydroxylation is 1. The number of amides is 1. The lowest BCUT2D eigenvalue weighted by atomic mass is 9.75. The predicted octanol–water partition coefficient (Wildman–Crippen LogP) is 2.78. The van der Waals surface area contributed by atoms with Gasteiger partial charge in [-0.15, -0.1) is 11.3 Å². The molecule has 0 radical (unpaired) electrons. The molecule has 5 heteroatoms. The third kappa shape index (κ3) is 2.98. The Morgan fingerprint density at radius 2 is 2.37 bits per heavy atom. The standard InChI is InChI=1S/C14H22N2O2S/c1-4-6-12-15-9-11(19-12)13(17)16-10(2)14(18-3)7-5-8-14/h9-10H,4-8H2,1-3H3,(H,16,17). The zero-order valence-electron chi connectivity index (χ0n) is 11.9. The third-order valence-corrected chi connectivity index (χ3v) is 5.04. The fraction of sp³-hybridized carbons (Fsp3) is 0.714. The lowest BCUT2D eigenvalue weighted by Crippen LogP contribution is -2.56. The zero-order chi connectivity index (χ0) is 13.9. The number of methoxy groups -OCH3 is 1. The van der Waals surface area contributed by atoms with Crippen LogP contribution in [0, 0.1) is 0 Å². The molecule has 1 atom stereocenters. The SMILES string of the molecule is CCCc1ncc(C(=O)NC(C)C2(OC)CCC2)s1. The van der Waals surface area contributed by atoms with Gasteiger partial charge in [0, 0.05) is 7.11 Å². The molecule has 0 aromatic carbocycles. The first-order chi connectivity index (χ1) is 9.11. The first kappa shape index (κ1) is 14.5. The summed E-state index contributed by atoms with van der Waals surface area (Å²) >= 11 is 1.49. The van der Waals surface area contributed by atoms with E-state index in [0.717, 1.165) is 30.7 Å². The molecule has 106 valence electrons. The van der Waals surface area contributed by atoms with Gasteiger partial charge in [0.15, 0.2) is 0 Å². The van der Waals surface area contributed by atoms with E-state index < -0.39 is 0 Å². The monoisotopic (exact) mass is 282 g/mol. The number of carbonyl (C=O) groups excluding carboxylic acids is 1. The lowest BCUT2D eigenvalue weighted by molar-refractivity contribution is -0.0919. The highest BCUT2D eigenvalue weighted by Gasteiger charge is 2.43. The Labute approximate surface area is 118 Å². The number of nitrogens with zero attached hydrogens (tertiary/aromatic N) is 1. The quantitative estimate of drug-likeness (QED) is 0.873. The molecule has 0 spiro atoms. The summed E-state index contributed by atoms with van der Waals surface area (Å²) in [6.07, 6.45) is 6.89. The van der Waals surface area contributed by atoms with E-state index in [0.29, 0.717) is 4.88 Å². The highest BCUT2D eigenvalue weighted by Crippen LogP contribution is 2.38. The summed E-state index contributed by atoms with van der Waals surface area (Å²) in [7, 11) is 1.73. The van der Waals surface area contributed by atoms with Gasteiger partial charge in [0.2, 0.25) is 0 Å². The normalized spacial score (nSPS) is 18.7. The summed E-state index contributed by atoms with van der Waals surface area (Å²) in [5.74, 6) is -0.0318. The maximum atomic E-state index is 12.2. The molecular weight excluding hydrogens is 260 g/mol. The minimum Gasteiger partial charge on any atom is -0.376 e. The topological polar surface area (TPSA) is 51.2 Å². The van der Waals surface area contributed by atoms with Crippen molar-refractivity contribution in [3.05, 3.63) is 16.1 Å². The van der Waals surface area contributed by atoms with E-state index in [2.05, 4.69) is 17.2 Å². The zero-order valence-corrected chi connectivity index (χ0v) is 12.7. The Morgan fingerprint density at radius 1 is 1.63 bits per heavy atom. The van der Waals surface area contributed by atoms with Crippen LogP contribution in [-0.4, -0.2) is 29.6 Å². The van der Waals surface area contributed by atoms with E-state index >= 15 is 0 Å². The van der Waals surface area contributed by atoms with Gasteiger partial charge >= 0.3 is 0 Å². The van der Waals surface area contributed by atoms with E-state index in [-0.39, 0.29) is 17.6 Å². The number of hydrogen-bond donors (Lipinski definition) is 1. The van der Waals surface area contributed by atoms with Crippen molar-refractivity contribution >= 4 is 17.2 Å². The van der Waals surface area contributed by atoms with Gasteiger partial charge in [0.25, 0.3) is 5.91 Å². The molecule has 1 fully saturated rings. The van der Waals surface area contributed by atoms with Gasteiger partial charge in [0.05, 0.1) is 22.8 Å². The molecule has 0 bridgehead atoms. The first-order valence-electron chi connectivity index (χ1n) is 6.92. The summed E-state index contributed by atoms with van der Waals surface area (Å²) in [4.78, 5) is 17.2. The van der Waals surface area contributed by atoms with Gasteiger partial charge in [0.1, 0.15) is 4.88 Å². The highest BCUT2D eigenvalue weighted by molar-refractivity contribution is 7.13. The Bertz CT molecular complexity index is 435. The molecule has 1 aromatic rings. The molecule has 1 unspecified atom stereocenters. The van der Waals surface area contributed by atoms with E-state index in [1.807, 2.05) is 6.92 Å². The van der Waals surface area contributed by atoms with Crippen LogP contribution in [0.4, 0.5) is 0 Å².